The first-order valence-corrected chi connectivity index (χ1v) is 11.7. The maximum absolute atomic E-state index is 13.6. The maximum Gasteiger partial charge on any atom is 0.322 e. The van der Waals surface area contributed by atoms with Crippen molar-refractivity contribution in [2.75, 3.05) is 11.9 Å². The van der Waals surface area contributed by atoms with Crippen molar-refractivity contribution >= 4 is 45.8 Å². The van der Waals surface area contributed by atoms with Gasteiger partial charge in [-0.3, -0.25) is 9.36 Å². The van der Waals surface area contributed by atoms with Gasteiger partial charge in [0.1, 0.15) is 5.82 Å². The molecule has 0 saturated carbocycles. The van der Waals surface area contributed by atoms with E-state index in [-0.39, 0.29) is 11.6 Å². The normalized spacial score (nSPS) is 11.9. The summed E-state index contributed by atoms with van der Waals surface area (Å²) < 4.78 is 1.58. The predicted octanol–water partition coefficient (Wildman–Crippen LogP) is 6.62. The van der Waals surface area contributed by atoms with Crippen molar-refractivity contribution in [1.82, 2.24) is 14.5 Å². The van der Waals surface area contributed by atoms with Crippen LogP contribution in [0.4, 0.5) is 10.5 Å². The quantitative estimate of drug-likeness (QED) is 0.339. The Kier molecular flexibility index (Phi) is 6.91. The number of hydrogen-bond acceptors (Lipinski definition) is 3. The first-order chi connectivity index (χ1) is 16.3. The molecular formula is C26H24Cl2N4O2. The third-order valence-corrected chi connectivity index (χ3v) is 6.45. The van der Waals surface area contributed by atoms with Gasteiger partial charge in [0.25, 0.3) is 5.56 Å². The Bertz CT molecular complexity index is 1420. The van der Waals surface area contributed by atoms with Crippen LogP contribution >= 0.6 is 23.2 Å². The second-order valence-corrected chi connectivity index (χ2v) is 8.80. The molecule has 4 rings (SSSR count). The molecule has 0 spiro atoms. The number of para-hydroxylation sites is 1. The highest BCUT2D eigenvalue weighted by atomic mass is 35.5. The van der Waals surface area contributed by atoms with Crippen LogP contribution in [0, 0.1) is 6.92 Å². The van der Waals surface area contributed by atoms with Crippen molar-refractivity contribution in [3.63, 3.8) is 0 Å². The Hall–Kier alpha value is -3.35. The third-order valence-electron chi connectivity index (χ3n) is 5.71. The minimum Gasteiger partial charge on any atom is -0.315 e. The van der Waals surface area contributed by atoms with E-state index >= 15 is 0 Å². The number of fused-ring (bicyclic) bond motifs is 1. The van der Waals surface area contributed by atoms with Gasteiger partial charge in [0.05, 0.1) is 32.7 Å². The van der Waals surface area contributed by atoms with Crippen LogP contribution < -0.4 is 10.9 Å². The van der Waals surface area contributed by atoms with Crippen LogP contribution in [0.25, 0.3) is 16.6 Å². The largest absolute Gasteiger partial charge is 0.322 e. The molecule has 1 aromatic heterocycles. The predicted molar refractivity (Wildman–Crippen MR) is 138 cm³/mol. The van der Waals surface area contributed by atoms with Gasteiger partial charge >= 0.3 is 6.03 Å². The number of benzene rings is 3. The minimum absolute atomic E-state index is 0.183. The monoisotopic (exact) mass is 494 g/mol. The van der Waals surface area contributed by atoms with Crippen molar-refractivity contribution in [3.8, 4) is 5.69 Å². The third kappa shape index (κ3) is 4.65. The van der Waals surface area contributed by atoms with Crippen LogP contribution in [-0.2, 0) is 0 Å². The molecule has 174 valence electrons. The molecule has 6 nitrogen and oxygen atoms in total. The number of rotatable bonds is 5. The molecule has 0 aliphatic carbocycles. The van der Waals surface area contributed by atoms with Crippen molar-refractivity contribution < 1.29 is 4.79 Å². The first kappa shape index (κ1) is 23.8. The smallest absolute Gasteiger partial charge is 0.315 e. The van der Waals surface area contributed by atoms with Gasteiger partial charge in [-0.15, -0.1) is 0 Å². The van der Waals surface area contributed by atoms with E-state index in [9.17, 15) is 9.59 Å². The number of aromatic nitrogens is 2. The van der Waals surface area contributed by atoms with Crippen LogP contribution in [0.1, 0.15) is 31.3 Å². The topological polar surface area (TPSA) is 67.2 Å². The summed E-state index contributed by atoms with van der Waals surface area (Å²) in [7, 11) is 0. The molecule has 0 fully saturated rings. The van der Waals surface area contributed by atoms with Crippen molar-refractivity contribution in [2.45, 2.75) is 26.8 Å². The number of nitrogens with zero attached hydrogens (tertiary/aromatic N) is 3. The zero-order valence-electron chi connectivity index (χ0n) is 19.0. The SMILES string of the molecule is CCN(C(=O)Nc1ccc(Cl)c(Cl)c1)C(C)c1nc2ccccc2c(=O)n1-c1ccc(C)cc1. The van der Waals surface area contributed by atoms with Crippen LogP contribution in [0.3, 0.4) is 0 Å². The molecule has 0 bridgehead atoms. The zero-order valence-corrected chi connectivity index (χ0v) is 20.6. The lowest BCUT2D eigenvalue weighted by Gasteiger charge is -2.29. The molecule has 0 aliphatic rings. The first-order valence-electron chi connectivity index (χ1n) is 10.9. The number of carbonyl (C=O) groups excluding carboxylic acids is 1. The summed E-state index contributed by atoms with van der Waals surface area (Å²) in [4.78, 5) is 33.2. The molecule has 1 N–H and O–H groups in total. The fraction of sp³-hybridized carbons (Fsp3) is 0.192. The summed E-state index contributed by atoms with van der Waals surface area (Å²) >= 11 is 12.1. The number of nitrogens with one attached hydrogen (secondary N) is 1. The molecule has 2 amide bonds. The number of anilines is 1. The fourth-order valence-electron chi connectivity index (χ4n) is 3.88. The number of carbonyl (C=O) groups is 1. The van der Waals surface area contributed by atoms with E-state index in [0.29, 0.717) is 44.7 Å². The molecule has 8 heteroatoms. The average Bonchev–Trinajstić information content (AvgIpc) is 2.82. The van der Waals surface area contributed by atoms with Gasteiger partial charge in [-0.25, -0.2) is 9.78 Å². The van der Waals surface area contributed by atoms with Crippen molar-refractivity contribution in [1.29, 1.82) is 0 Å². The van der Waals surface area contributed by atoms with Crippen LogP contribution in [0.15, 0.2) is 71.5 Å². The summed E-state index contributed by atoms with van der Waals surface area (Å²) in [6, 6.07) is 18.9. The Balaban J connectivity index is 1.79. The standard InChI is InChI=1S/C26H24Cl2N4O2/c1-4-31(26(34)29-18-11-14-21(27)22(28)15-18)17(3)24-30-23-8-6-5-7-20(23)25(33)32(24)19-12-9-16(2)10-13-19/h5-15,17H,4H2,1-3H3,(H,29,34). The van der Waals surface area contributed by atoms with E-state index in [4.69, 9.17) is 28.2 Å². The number of urea groups is 1. The van der Waals surface area contributed by atoms with Crippen LogP contribution in [0.5, 0.6) is 0 Å². The minimum atomic E-state index is -0.508. The zero-order chi connectivity index (χ0) is 24.4. The van der Waals surface area contributed by atoms with Gasteiger partial charge in [-0.05, 0) is 63.2 Å². The van der Waals surface area contributed by atoms with Crippen molar-refractivity contribution in [3.05, 3.63) is 98.5 Å². The highest BCUT2D eigenvalue weighted by Gasteiger charge is 2.26. The van der Waals surface area contributed by atoms with E-state index in [2.05, 4.69) is 5.32 Å². The second-order valence-electron chi connectivity index (χ2n) is 7.98. The molecule has 0 radical (unpaired) electrons. The van der Waals surface area contributed by atoms with E-state index in [1.165, 1.54) is 0 Å². The van der Waals surface area contributed by atoms with Gasteiger partial charge in [0.15, 0.2) is 0 Å². The van der Waals surface area contributed by atoms with E-state index in [1.807, 2.05) is 57.2 Å². The van der Waals surface area contributed by atoms with Gasteiger partial charge in [0.2, 0.25) is 0 Å². The lowest BCUT2D eigenvalue weighted by atomic mass is 10.1. The van der Waals surface area contributed by atoms with E-state index < -0.39 is 6.04 Å². The van der Waals surface area contributed by atoms with Gasteiger partial charge in [0, 0.05) is 12.2 Å². The van der Waals surface area contributed by atoms with E-state index in [1.54, 1.807) is 39.8 Å². The highest BCUT2D eigenvalue weighted by molar-refractivity contribution is 6.42. The maximum atomic E-state index is 13.6. The van der Waals surface area contributed by atoms with Crippen LogP contribution in [0.2, 0.25) is 10.0 Å². The number of amides is 2. The van der Waals surface area contributed by atoms with Gasteiger partial charge < -0.3 is 10.2 Å². The molecule has 1 atom stereocenters. The highest BCUT2D eigenvalue weighted by Crippen LogP contribution is 2.27. The van der Waals surface area contributed by atoms with E-state index in [0.717, 1.165) is 5.56 Å². The molecular weight excluding hydrogens is 471 g/mol. The molecule has 1 heterocycles. The lowest BCUT2D eigenvalue weighted by molar-refractivity contribution is 0.193. The Morgan fingerprint density at radius 2 is 1.76 bits per heavy atom. The average molecular weight is 495 g/mol. The van der Waals surface area contributed by atoms with Crippen molar-refractivity contribution in [2.24, 2.45) is 0 Å². The fourth-order valence-corrected chi connectivity index (χ4v) is 4.17. The summed E-state index contributed by atoms with van der Waals surface area (Å²) in [5, 5.41) is 4.13. The summed E-state index contributed by atoms with van der Waals surface area (Å²) in [6.07, 6.45) is 0. The molecule has 0 saturated heterocycles. The van der Waals surface area contributed by atoms with Gasteiger partial charge in [-0.2, -0.15) is 0 Å². The number of aryl methyl sites for hydroxylation is 1. The van der Waals surface area contributed by atoms with Gasteiger partial charge in [-0.1, -0.05) is 53.0 Å². The Morgan fingerprint density at radius 1 is 1.06 bits per heavy atom. The molecule has 3 aromatic carbocycles. The summed E-state index contributed by atoms with van der Waals surface area (Å²) in [5.74, 6) is 0.471. The molecule has 1 unspecified atom stereocenters. The molecule has 34 heavy (non-hydrogen) atoms. The second kappa shape index (κ2) is 9.87. The Labute approximate surface area is 207 Å². The number of hydrogen-bond donors (Lipinski definition) is 1. The summed E-state index contributed by atoms with van der Waals surface area (Å²) in [6.45, 7) is 6.12. The molecule has 4 aromatic rings. The molecule has 0 aliphatic heterocycles. The Morgan fingerprint density at radius 3 is 2.44 bits per heavy atom. The number of halogens is 2. The van der Waals surface area contributed by atoms with Crippen LogP contribution in [-0.4, -0.2) is 27.0 Å². The lowest BCUT2D eigenvalue weighted by Crippen LogP contribution is -2.39. The summed E-state index contributed by atoms with van der Waals surface area (Å²) in [5.41, 5.74) is 2.69.